The second-order valence-corrected chi connectivity index (χ2v) is 6.63. The van der Waals surface area contributed by atoms with Crippen molar-refractivity contribution in [3.63, 3.8) is 0 Å². The van der Waals surface area contributed by atoms with Crippen LogP contribution in [0.3, 0.4) is 0 Å². The summed E-state index contributed by atoms with van der Waals surface area (Å²) in [6, 6.07) is 0.0296. The smallest absolute Gasteiger partial charge is 0.411 e. The molecule has 1 aromatic rings. The van der Waals surface area contributed by atoms with Gasteiger partial charge in [-0.3, -0.25) is 4.90 Å². The molecule has 1 N–H and O–H groups in total. The summed E-state index contributed by atoms with van der Waals surface area (Å²) in [5.74, 6) is -6.19. The molecule has 0 aromatic heterocycles. The summed E-state index contributed by atoms with van der Waals surface area (Å²) in [5, 5.41) is 9.25. The molecule has 1 fully saturated rings. The first-order valence-corrected chi connectivity index (χ1v) is 7.52. The van der Waals surface area contributed by atoms with Crippen LogP contribution in [0.15, 0.2) is 12.1 Å². The Kier molecular flexibility index (Phi) is 5.15. The number of nitrogens with zero attached hydrogens (tertiary/aromatic N) is 1. The maximum atomic E-state index is 13.7. The number of carboxylic acids is 1. The number of halogens is 3. The first kappa shape index (κ1) is 18.9. The van der Waals surface area contributed by atoms with Crippen LogP contribution in [0.25, 0.3) is 0 Å². The molecule has 1 amide bonds. The van der Waals surface area contributed by atoms with Crippen molar-refractivity contribution in [2.24, 2.45) is 0 Å². The Morgan fingerprint density at radius 1 is 1.20 bits per heavy atom. The number of rotatable bonds is 3. The van der Waals surface area contributed by atoms with E-state index in [-0.39, 0.29) is 13.0 Å². The molecule has 1 saturated heterocycles. The highest BCUT2D eigenvalue weighted by molar-refractivity contribution is 5.81. The Morgan fingerprint density at radius 3 is 2.36 bits per heavy atom. The third-order valence-corrected chi connectivity index (χ3v) is 3.46. The van der Waals surface area contributed by atoms with Gasteiger partial charge in [0.15, 0.2) is 17.4 Å². The highest BCUT2D eigenvalue weighted by Gasteiger charge is 2.43. The van der Waals surface area contributed by atoms with Crippen molar-refractivity contribution in [3.05, 3.63) is 29.6 Å². The van der Waals surface area contributed by atoms with E-state index in [0.29, 0.717) is 12.1 Å². The largest absolute Gasteiger partial charge is 0.482 e. The zero-order valence-electron chi connectivity index (χ0n) is 13.9. The van der Waals surface area contributed by atoms with Gasteiger partial charge in [0.1, 0.15) is 17.7 Å². The summed E-state index contributed by atoms with van der Waals surface area (Å²) >= 11 is 0. The fourth-order valence-corrected chi connectivity index (χ4v) is 2.42. The van der Waals surface area contributed by atoms with Gasteiger partial charge >= 0.3 is 12.1 Å². The normalized spacial score (nSPS) is 20.5. The van der Waals surface area contributed by atoms with Crippen LogP contribution in [-0.4, -0.2) is 46.4 Å². The van der Waals surface area contributed by atoms with Crippen LogP contribution in [0.4, 0.5) is 18.0 Å². The van der Waals surface area contributed by atoms with E-state index in [0.717, 1.165) is 4.90 Å². The predicted octanol–water partition coefficient (Wildman–Crippen LogP) is 2.95. The Bertz CT molecular complexity index is 689. The van der Waals surface area contributed by atoms with Crippen molar-refractivity contribution in [1.82, 2.24) is 4.90 Å². The van der Waals surface area contributed by atoms with E-state index in [4.69, 9.17) is 9.47 Å². The molecule has 2 rings (SSSR count). The fraction of sp³-hybridized carbons (Fsp3) is 0.500. The Hall–Kier alpha value is -2.45. The molecular formula is C16H18F3NO5. The third kappa shape index (κ3) is 4.34. The van der Waals surface area contributed by atoms with Crippen molar-refractivity contribution >= 4 is 12.1 Å². The van der Waals surface area contributed by atoms with Crippen LogP contribution in [0.1, 0.15) is 27.2 Å². The van der Waals surface area contributed by atoms with Gasteiger partial charge in [0, 0.05) is 6.42 Å². The first-order chi connectivity index (χ1) is 11.5. The molecule has 0 bridgehead atoms. The topological polar surface area (TPSA) is 76.1 Å². The van der Waals surface area contributed by atoms with E-state index in [1.54, 1.807) is 20.8 Å². The zero-order valence-corrected chi connectivity index (χ0v) is 13.9. The number of carbonyl (C=O) groups excluding carboxylic acids is 1. The van der Waals surface area contributed by atoms with E-state index in [9.17, 15) is 27.9 Å². The van der Waals surface area contributed by atoms with Gasteiger partial charge in [0.25, 0.3) is 0 Å². The SMILES string of the molecule is CC(C)(C)OC(=O)N1C[C@@H](Oc2c(F)ccc(F)c2F)C[C@H]1C(=O)O. The van der Waals surface area contributed by atoms with Crippen LogP contribution in [0, 0.1) is 17.5 Å². The van der Waals surface area contributed by atoms with Crippen molar-refractivity contribution in [2.75, 3.05) is 6.54 Å². The van der Waals surface area contributed by atoms with E-state index >= 15 is 0 Å². The number of ether oxygens (including phenoxy) is 2. The van der Waals surface area contributed by atoms with Crippen molar-refractivity contribution < 1.29 is 37.3 Å². The van der Waals surface area contributed by atoms with Crippen LogP contribution in [-0.2, 0) is 9.53 Å². The Balaban J connectivity index is 2.19. The van der Waals surface area contributed by atoms with Gasteiger partial charge in [-0.1, -0.05) is 0 Å². The average Bonchev–Trinajstić information content (AvgIpc) is 2.90. The number of amides is 1. The summed E-state index contributed by atoms with van der Waals surface area (Å²) in [7, 11) is 0. The lowest BCUT2D eigenvalue weighted by Crippen LogP contribution is -2.43. The van der Waals surface area contributed by atoms with Crippen molar-refractivity contribution in [2.45, 2.75) is 44.9 Å². The Labute approximate surface area is 142 Å². The van der Waals surface area contributed by atoms with Gasteiger partial charge < -0.3 is 14.6 Å². The van der Waals surface area contributed by atoms with Crippen LogP contribution in [0.5, 0.6) is 5.75 Å². The summed E-state index contributed by atoms with van der Waals surface area (Å²) in [6.07, 6.45) is -2.13. The van der Waals surface area contributed by atoms with Crippen molar-refractivity contribution in [3.8, 4) is 5.75 Å². The van der Waals surface area contributed by atoms with Gasteiger partial charge in [0.2, 0.25) is 5.82 Å². The molecule has 138 valence electrons. The molecule has 0 saturated carbocycles. The average molecular weight is 361 g/mol. The van der Waals surface area contributed by atoms with E-state index in [2.05, 4.69) is 0 Å². The maximum absolute atomic E-state index is 13.7. The lowest BCUT2D eigenvalue weighted by atomic mass is 10.2. The monoisotopic (exact) mass is 361 g/mol. The molecular weight excluding hydrogens is 343 g/mol. The second-order valence-electron chi connectivity index (χ2n) is 6.63. The molecule has 1 heterocycles. The first-order valence-electron chi connectivity index (χ1n) is 7.52. The minimum atomic E-state index is -1.51. The third-order valence-electron chi connectivity index (χ3n) is 3.46. The molecule has 0 aliphatic carbocycles. The molecule has 1 aromatic carbocycles. The van der Waals surface area contributed by atoms with Crippen molar-refractivity contribution in [1.29, 1.82) is 0 Å². The molecule has 1 aliphatic rings. The number of carboxylic acid groups (broad SMARTS) is 1. The van der Waals surface area contributed by atoms with Crippen LogP contribution >= 0.6 is 0 Å². The van der Waals surface area contributed by atoms with E-state index in [1.165, 1.54) is 0 Å². The summed E-state index contributed by atoms with van der Waals surface area (Å²) in [5.41, 5.74) is -0.847. The van der Waals surface area contributed by atoms with Crippen LogP contribution in [0.2, 0.25) is 0 Å². The highest BCUT2D eigenvalue weighted by Crippen LogP contribution is 2.29. The molecule has 25 heavy (non-hydrogen) atoms. The van der Waals surface area contributed by atoms with Gasteiger partial charge in [-0.15, -0.1) is 0 Å². The summed E-state index contributed by atoms with van der Waals surface area (Å²) < 4.78 is 50.8. The highest BCUT2D eigenvalue weighted by atomic mass is 19.2. The lowest BCUT2D eigenvalue weighted by Gasteiger charge is -2.26. The molecule has 1 aliphatic heterocycles. The van der Waals surface area contributed by atoms with E-state index < -0.39 is 53.0 Å². The lowest BCUT2D eigenvalue weighted by molar-refractivity contribution is -0.142. The fourth-order valence-electron chi connectivity index (χ4n) is 2.42. The number of hydrogen-bond donors (Lipinski definition) is 1. The quantitative estimate of drug-likeness (QED) is 0.838. The number of hydrogen-bond acceptors (Lipinski definition) is 4. The minimum absolute atomic E-state index is 0.218. The standard InChI is InChI=1S/C16H18F3NO5/c1-16(2,3)25-15(23)20-7-8(6-11(20)14(21)22)24-13-10(18)5-4-9(17)12(13)19/h4-5,8,11H,6-7H2,1-3H3,(H,21,22)/t8-,11-/m0/s1. The molecule has 0 unspecified atom stereocenters. The minimum Gasteiger partial charge on any atom is -0.482 e. The molecule has 0 spiro atoms. The van der Waals surface area contributed by atoms with Gasteiger partial charge in [-0.25, -0.2) is 18.4 Å². The Morgan fingerprint density at radius 2 is 1.80 bits per heavy atom. The van der Waals surface area contributed by atoms with E-state index in [1.807, 2.05) is 0 Å². The van der Waals surface area contributed by atoms with Gasteiger partial charge in [0.05, 0.1) is 6.54 Å². The molecule has 0 radical (unpaired) electrons. The number of aliphatic carboxylic acids is 1. The number of benzene rings is 1. The second kappa shape index (κ2) is 6.81. The zero-order chi connectivity index (χ0) is 18.9. The number of likely N-dealkylation sites (tertiary alicyclic amines) is 1. The predicted molar refractivity (Wildman–Crippen MR) is 79.7 cm³/mol. The maximum Gasteiger partial charge on any atom is 0.411 e. The molecule has 9 heteroatoms. The van der Waals surface area contributed by atoms with Gasteiger partial charge in [-0.2, -0.15) is 4.39 Å². The van der Waals surface area contributed by atoms with Crippen LogP contribution < -0.4 is 4.74 Å². The van der Waals surface area contributed by atoms with Gasteiger partial charge in [-0.05, 0) is 32.9 Å². The number of carbonyl (C=O) groups is 2. The molecule has 2 atom stereocenters. The summed E-state index contributed by atoms with van der Waals surface area (Å²) in [6.45, 7) is 4.58. The summed E-state index contributed by atoms with van der Waals surface area (Å²) in [4.78, 5) is 24.4. The molecule has 6 nitrogen and oxygen atoms in total.